The number of hydrogen-bond donors (Lipinski definition) is 0. The molecule has 1 aromatic rings. The Hall–Kier alpha value is -1.67. The number of amides is 1. The highest BCUT2D eigenvalue weighted by molar-refractivity contribution is 7.89. The van der Waals surface area contributed by atoms with Crippen LogP contribution in [0.4, 0.5) is 0 Å². The summed E-state index contributed by atoms with van der Waals surface area (Å²) in [5.41, 5.74) is -0.374. The second kappa shape index (κ2) is 8.81. The molecule has 1 amide bonds. The summed E-state index contributed by atoms with van der Waals surface area (Å²) in [6, 6.07) is 2.53. The van der Waals surface area contributed by atoms with Gasteiger partial charge in [0.15, 0.2) is 0 Å². The molecule has 7 nitrogen and oxygen atoms in total. The zero-order chi connectivity index (χ0) is 19.3. The van der Waals surface area contributed by atoms with Gasteiger partial charge in [-0.25, -0.2) is 8.42 Å². The average Bonchev–Trinajstić information content (AvgIpc) is 2.64. The van der Waals surface area contributed by atoms with E-state index >= 15 is 0 Å². The molecule has 1 unspecified atom stereocenters. The summed E-state index contributed by atoms with van der Waals surface area (Å²) in [6.07, 6.45) is 4.41. The van der Waals surface area contributed by atoms with Crippen molar-refractivity contribution < 1.29 is 13.2 Å². The van der Waals surface area contributed by atoms with Gasteiger partial charge in [0.1, 0.15) is 6.54 Å². The van der Waals surface area contributed by atoms with E-state index in [9.17, 15) is 18.0 Å². The van der Waals surface area contributed by atoms with E-state index in [4.69, 9.17) is 0 Å². The highest BCUT2D eigenvalue weighted by atomic mass is 32.2. The maximum atomic E-state index is 12.6. The lowest BCUT2D eigenvalue weighted by atomic mass is 9.96. The molecule has 26 heavy (non-hydrogen) atoms. The van der Waals surface area contributed by atoms with Gasteiger partial charge in [0, 0.05) is 38.4 Å². The average molecular weight is 384 g/mol. The molecule has 1 aliphatic rings. The van der Waals surface area contributed by atoms with Crippen LogP contribution < -0.4 is 5.56 Å². The fourth-order valence-corrected chi connectivity index (χ4v) is 4.85. The number of piperidine rings is 1. The molecule has 0 saturated carbocycles. The second-order valence-corrected chi connectivity index (χ2v) is 8.61. The Balaban J connectivity index is 2.22. The molecule has 1 aliphatic heterocycles. The van der Waals surface area contributed by atoms with Crippen LogP contribution in [0.1, 0.15) is 40.0 Å². The van der Waals surface area contributed by atoms with Crippen molar-refractivity contribution >= 4 is 15.9 Å². The number of hydrogen-bond acceptors (Lipinski definition) is 4. The molecule has 0 radical (unpaired) electrons. The number of nitrogens with zero attached hydrogens (tertiary/aromatic N) is 3. The Bertz CT molecular complexity index is 784. The molecular formula is C18H29N3O4S. The van der Waals surface area contributed by atoms with E-state index in [0.29, 0.717) is 32.1 Å². The van der Waals surface area contributed by atoms with Crippen molar-refractivity contribution in [2.24, 2.45) is 5.92 Å². The summed E-state index contributed by atoms with van der Waals surface area (Å²) in [7, 11) is -3.67. The number of carbonyl (C=O) groups is 1. The molecule has 0 spiro atoms. The van der Waals surface area contributed by atoms with Gasteiger partial charge in [0.2, 0.25) is 15.9 Å². The van der Waals surface area contributed by atoms with E-state index < -0.39 is 10.0 Å². The first-order valence-electron chi connectivity index (χ1n) is 9.31. The van der Waals surface area contributed by atoms with Crippen LogP contribution in [-0.2, 0) is 21.4 Å². The van der Waals surface area contributed by atoms with Gasteiger partial charge in [-0.2, -0.15) is 4.31 Å². The fraction of sp³-hybridized carbons (Fsp3) is 0.667. The maximum absolute atomic E-state index is 12.6. The Morgan fingerprint density at radius 2 is 1.92 bits per heavy atom. The molecule has 8 heteroatoms. The Labute approximate surface area is 155 Å². The van der Waals surface area contributed by atoms with Crippen molar-refractivity contribution in [3.05, 3.63) is 28.7 Å². The van der Waals surface area contributed by atoms with Gasteiger partial charge in [-0.1, -0.05) is 27.2 Å². The third-order valence-electron chi connectivity index (χ3n) is 5.05. The molecular weight excluding hydrogens is 354 g/mol. The normalized spacial score (nSPS) is 18.3. The van der Waals surface area contributed by atoms with E-state index in [-0.39, 0.29) is 22.9 Å². The molecule has 0 bridgehead atoms. The van der Waals surface area contributed by atoms with Crippen molar-refractivity contribution in [1.82, 2.24) is 13.8 Å². The standard InChI is InChI=1S/C18H29N3O4S/c1-4-15-8-7-11-19(12-15)18(23)14-20-13-16(9-10-17(20)22)26(24,25)21(5-2)6-3/h9-10,13,15H,4-8,11-12,14H2,1-3H3. The SMILES string of the molecule is CCC1CCCN(C(=O)Cn2cc(S(=O)(=O)N(CC)CC)ccc2=O)C1. The van der Waals surface area contributed by atoms with E-state index in [1.807, 2.05) is 0 Å². The lowest BCUT2D eigenvalue weighted by molar-refractivity contribution is -0.133. The van der Waals surface area contributed by atoms with Gasteiger partial charge < -0.3 is 9.47 Å². The molecule has 0 aromatic carbocycles. The quantitative estimate of drug-likeness (QED) is 0.715. The van der Waals surface area contributed by atoms with Crippen LogP contribution in [0.25, 0.3) is 0 Å². The van der Waals surface area contributed by atoms with Crippen LogP contribution in [0.2, 0.25) is 0 Å². The largest absolute Gasteiger partial charge is 0.341 e. The van der Waals surface area contributed by atoms with Crippen molar-refractivity contribution in [3.8, 4) is 0 Å². The molecule has 2 rings (SSSR count). The van der Waals surface area contributed by atoms with Crippen molar-refractivity contribution in [3.63, 3.8) is 0 Å². The minimum absolute atomic E-state index is 0.0404. The first-order valence-corrected chi connectivity index (χ1v) is 10.8. The van der Waals surface area contributed by atoms with Crippen LogP contribution in [0.3, 0.4) is 0 Å². The number of pyridine rings is 1. The minimum atomic E-state index is -3.67. The van der Waals surface area contributed by atoms with E-state index in [0.717, 1.165) is 19.3 Å². The monoisotopic (exact) mass is 383 g/mol. The summed E-state index contributed by atoms with van der Waals surface area (Å²) in [6.45, 7) is 7.62. The summed E-state index contributed by atoms with van der Waals surface area (Å²) < 4.78 is 27.8. The van der Waals surface area contributed by atoms with Gasteiger partial charge >= 0.3 is 0 Å². The summed E-state index contributed by atoms with van der Waals surface area (Å²) in [5.74, 6) is 0.362. The lowest BCUT2D eigenvalue weighted by Crippen LogP contribution is -2.42. The Kier molecular flexibility index (Phi) is 7.00. The Morgan fingerprint density at radius 3 is 2.54 bits per heavy atom. The molecule has 2 heterocycles. The first kappa shape index (κ1) is 20.6. The van der Waals surface area contributed by atoms with Crippen LogP contribution in [0.15, 0.2) is 28.0 Å². The third kappa shape index (κ3) is 4.54. The van der Waals surface area contributed by atoms with Crippen LogP contribution >= 0.6 is 0 Å². The minimum Gasteiger partial charge on any atom is -0.341 e. The van der Waals surface area contributed by atoms with Crippen molar-refractivity contribution in [1.29, 1.82) is 0 Å². The molecule has 0 N–H and O–H groups in total. The number of aromatic nitrogens is 1. The predicted octanol–water partition coefficient (Wildman–Crippen LogP) is 1.53. The number of carbonyl (C=O) groups excluding carboxylic acids is 1. The molecule has 0 aliphatic carbocycles. The van der Waals surface area contributed by atoms with Gasteiger partial charge in [-0.05, 0) is 24.8 Å². The lowest BCUT2D eigenvalue weighted by Gasteiger charge is -2.32. The topological polar surface area (TPSA) is 79.7 Å². The number of sulfonamides is 1. The van der Waals surface area contributed by atoms with Crippen LogP contribution in [0.5, 0.6) is 0 Å². The Morgan fingerprint density at radius 1 is 1.23 bits per heavy atom. The number of likely N-dealkylation sites (tertiary alicyclic amines) is 1. The molecule has 1 aromatic heterocycles. The summed E-state index contributed by atoms with van der Waals surface area (Å²) >= 11 is 0. The zero-order valence-corrected chi connectivity index (χ0v) is 16.7. The molecule has 1 atom stereocenters. The van der Waals surface area contributed by atoms with Gasteiger partial charge in [-0.3, -0.25) is 9.59 Å². The van der Waals surface area contributed by atoms with E-state index in [2.05, 4.69) is 6.92 Å². The van der Waals surface area contributed by atoms with Crippen molar-refractivity contribution in [2.75, 3.05) is 26.2 Å². The predicted molar refractivity (Wildman–Crippen MR) is 100 cm³/mol. The maximum Gasteiger partial charge on any atom is 0.251 e. The molecule has 146 valence electrons. The number of rotatable bonds is 7. The zero-order valence-electron chi connectivity index (χ0n) is 15.8. The molecule has 1 saturated heterocycles. The second-order valence-electron chi connectivity index (χ2n) is 6.68. The third-order valence-corrected chi connectivity index (χ3v) is 7.09. The fourth-order valence-electron chi connectivity index (χ4n) is 3.37. The van der Waals surface area contributed by atoms with E-state index in [1.165, 1.54) is 27.2 Å². The van der Waals surface area contributed by atoms with Gasteiger partial charge in [0.25, 0.3) is 5.56 Å². The van der Waals surface area contributed by atoms with Crippen LogP contribution in [0, 0.1) is 5.92 Å². The van der Waals surface area contributed by atoms with Crippen LogP contribution in [-0.4, -0.2) is 54.3 Å². The summed E-state index contributed by atoms with van der Waals surface area (Å²) in [5, 5.41) is 0. The first-order chi connectivity index (χ1) is 12.3. The van der Waals surface area contributed by atoms with Crippen molar-refractivity contribution in [2.45, 2.75) is 51.5 Å². The molecule has 1 fully saturated rings. The van der Waals surface area contributed by atoms with Gasteiger partial charge in [-0.15, -0.1) is 0 Å². The smallest absolute Gasteiger partial charge is 0.251 e. The summed E-state index contributed by atoms with van der Waals surface area (Å²) in [4.78, 5) is 26.6. The highest BCUT2D eigenvalue weighted by Crippen LogP contribution is 2.19. The van der Waals surface area contributed by atoms with Gasteiger partial charge in [0.05, 0.1) is 4.90 Å². The highest BCUT2D eigenvalue weighted by Gasteiger charge is 2.25. The van der Waals surface area contributed by atoms with E-state index in [1.54, 1.807) is 18.7 Å².